The van der Waals surface area contributed by atoms with E-state index in [2.05, 4.69) is 0 Å². The Balaban J connectivity index is 2.02. The average molecular weight is 310 g/mol. The van der Waals surface area contributed by atoms with Crippen LogP contribution in [0.5, 0.6) is 11.5 Å². The first-order valence-electron chi connectivity index (χ1n) is 7.29. The first kappa shape index (κ1) is 16.5. The van der Waals surface area contributed by atoms with Crippen LogP contribution in [0.25, 0.3) is 6.08 Å². The van der Waals surface area contributed by atoms with Crippen molar-refractivity contribution in [2.75, 3.05) is 7.11 Å². The minimum absolute atomic E-state index is 0.116. The zero-order valence-corrected chi connectivity index (χ0v) is 13.1. The number of esters is 1. The molecule has 118 valence electrons. The van der Waals surface area contributed by atoms with E-state index >= 15 is 0 Å². The molecular formula is C19H18O4. The van der Waals surface area contributed by atoms with Crippen LogP contribution in [0.2, 0.25) is 0 Å². The van der Waals surface area contributed by atoms with Crippen LogP contribution < -0.4 is 9.47 Å². The van der Waals surface area contributed by atoms with Gasteiger partial charge in [0.2, 0.25) is 0 Å². The Bertz CT molecular complexity index is 697. The highest BCUT2D eigenvalue weighted by molar-refractivity contribution is 6.06. The van der Waals surface area contributed by atoms with Crippen LogP contribution >= 0.6 is 0 Å². The molecule has 0 aliphatic heterocycles. The summed E-state index contributed by atoms with van der Waals surface area (Å²) in [5, 5.41) is 0. The molecular weight excluding hydrogens is 292 g/mol. The molecule has 0 saturated carbocycles. The van der Waals surface area contributed by atoms with E-state index in [1.807, 2.05) is 24.3 Å². The van der Waals surface area contributed by atoms with Crippen molar-refractivity contribution in [2.24, 2.45) is 0 Å². The molecule has 0 aromatic heterocycles. The molecule has 2 aromatic rings. The highest BCUT2D eigenvalue weighted by Crippen LogP contribution is 2.15. The lowest BCUT2D eigenvalue weighted by Crippen LogP contribution is -2.05. The molecule has 0 amide bonds. The zero-order valence-electron chi connectivity index (χ0n) is 13.1. The quantitative estimate of drug-likeness (QED) is 0.351. The fourth-order valence-electron chi connectivity index (χ4n) is 1.87. The summed E-state index contributed by atoms with van der Waals surface area (Å²) in [6.45, 7) is 1.73. The van der Waals surface area contributed by atoms with Gasteiger partial charge in [0.1, 0.15) is 11.5 Å². The van der Waals surface area contributed by atoms with Gasteiger partial charge in [0, 0.05) is 12.0 Å². The lowest BCUT2D eigenvalue weighted by Gasteiger charge is -2.03. The van der Waals surface area contributed by atoms with E-state index in [4.69, 9.17) is 9.47 Å². The Hall–Kier alpha value is -2.88. The second-order valence-corrected chi connectivity index (χ2v) is 4.82. The van der Waals surface area contributed by atoms with Gasteiger partial charge in [-0.05, 0) is 48.0 Å². The van der Waals surface area contributed by atoms with E-state index in [1.54, 1.807) is 44.4 Å². The van der Waals surface area contributed by atoms with Crippen LogP contribution in [0.1, 0.15) is 29.3 Å². The fraction of sp³-hybridized carbons (Fsp3) is 0.158. The molecule has 2 aromatic carbocycles. The van der Waals surface area contributed by atoms with Crippen molar-refractivity contribution in [1.82, 2.24) is 0 Å². The number of hydrogen-bond donors (Lipinski definition) is 0. The van der Waals surface area contributed by atoms with E-state index in [-0.39, 0.29) is 11.8 Å². The van der Waals surface area contributed by atoms with Gasteiger partial charge in [-0.2, -0.15) is 0 Å². The third kappa shape index (κ3) is 4.81. The summed E-state index contributed by atoms with van der Waals surface area (Å²) >= 11 is 0. The zero-order chi connectivity index (χ0) is 16.7. The normalized spacial score (nSPS) is 10.5. The van der Waals surface area contributed by atoms with Crippen molar-refractivity contribution >= 4 is 17.8 Å². The number of hydrogen-bond acceptors (Lipinski definition) is 4. The molecule has 4 heteroatoms. The van der Waals surface area contributed by atoms with Gasteiger partial charge in [0.25, 0.3) is 0 Å². The maximum atomic E-state index is 12.1. The van der Waals surface area contributed by atoms with Crippen molar-refractivity contribution in [3.8, 4) is 11.5 Å². The van der Waals surface area contributed by atoms with E-state index in [1.165, 1.54) is 6.08 Å². The number of methoxy groups -OCH3 is 1. The van der Waals surface area contributed by atoms with Crippen molar-refractivity contribution in [3.05, 3.63) is 65.7 Å². The molecule has 0 aliphatic rings. The molecule has 0 unspecified atom stereocenters. The molecule has 0 radical (unpaired) electrons. The summed E-state index contributed by atoms with van der Waals surface area (Å²) in [4.78, 5) is 23.3. The maximum absolute atomic E-state index is 12.1. The van der Waals surface area contributed by atoms with Gasteiger partial charge in [0.05, 0.1) is 7.11 Å². The third-order valence-electron chi connectivity index (χ3n) is 3.20. The first-order valence-corrected chi connectivity index (χ1v) is 7.29. The highest BCUT2D eigenvalue weighted by atomic mass is 16.5. The molecule has 0 N–H and O–H groups in total. The van der Waals surface area contributed by atoms with Crippen molar-refractivity contribution in [3.63, 3.8) is 0 Å². The van der Waals surface area contributed by atoms with E-state index in [0.29, 0.717) is 17.7 Å². The van der Waals surface area contributed by atoms with Crippen LogP contribution in [-0.4, -0.2) is 18.9 Å². The van der Waals surface area contributed by atoms with Crippen molar-refractivity contribution in [1.29, 1.82) is 0 Å². The van der Waals surface area contributed by atoms with Gasteiger partial charge in [-0.15, -0.1) is 0 Å². The second kappa shape index (κ2) is 7.94. The Morgan fingerprint density at radius 3 is 2.13 bits per heavy atom. The lowest BCUT2D eigenvalue weighted by molar-refractivity contribution is -0.134. The van der Waals surface area contributed by atoms with Gasteiger partial charge in [-0.1, -0.05) is 25.1 Å². The number of allylic oxidation sites excluding steroid dienone is 1. The summed E-state index contributed by atoms with van der Waals surface area (Å²) in [6.07, 6.45) is 3.56. The topological polar surface area (TPSA) is 52.6 Å². The van der Waals surface area contributed by atoms with Gasteiger partial charge in [-0.25, -0.2) is 0 Å². The molecule has 2 rings (SSSR count). The van der Waals surface area contributed by atoms with Crippen LogP contribution in [0.4, 0.5) is 0 Å². The highest BCUT2D eigenvalue weighted by Gasteiger charge is 2.04. The predicted octanol–water partition coefficient (Wildman–Crippen LogP) is 3.91. The predicted molar refractivity (Wildman–Crippen MR) is 88.7 cm³/mol. The SMILES string of the molecule is CCC(=O)Oc1ccc(C(=O)C=Cc2ccc(OC)cc2)cc1. The number of ether oxygens (including phenoxy) is 2. The third-order valence-corrected chi connectivity index (χ3v) is 3.20. The summed E-state index contributed by atoms with van der Waals surface area (Å²) < 4.78 is 10.2. The van der Waals surface area contributed by atoms with E-state index < -0.39 is 0 Å². The fourth-order valence-corrected chi connectivity index (χ4v) is 1.87. The molecule has 0 spiro atoms. The van der Waals surface area contributed by atoms with Gasteiger partial charge >= 0.3 is 5.97 Å². The Labute approximate surface area is 135 Å². The van der Waals surface area contributed by atoms with Crippen LogP contribution in [-0.2, 0) is 4.79 Å². The van der Waals surface area contributed by atoms with Gasteiger partial charge in [0.15, 0.2) is 5.78 Å². The van der Waals surface area contributed by atoms with Crippen LogP contribution in [0, 0.1) is 0 Å². The second-order valence-electron chi connectivity index (χ2n) is 4.82. The molecule has 0 bridgehead atoms. The molecule has 0 atom stereocenters. The number of ketones is 1. The molecule has 0 heterocycles. The molecule has 0 aliphatic carbocycles. The molecule has 23 heavy (non-hydrogen) atoms. The Morgan fingerprint density at radius 1 is 0.957 bits per heavy atom. The smallest absolute Gasteiger partial charge is 0.310 e. The lowest BCUT2D eigenvalue weighted by atomic mass is 10.1. The standard InChI is InChI=1S/C19H18O4/c1-3-19(21)23-17-11-7-15(8-12-17)18(20)13-6-14-4-9-16(22-2)10-5-14/h4-13H,3H2,1-2H3. The maximum Gasteiger partial charge on any atom is 0.310 e. The number of carbonyl (C=O) groups is 2. The number of carbonyl (C=O) groups excluding carboxylic acids is 2. The minimum Gasteiger partial charge on any atom is -0.497 e. The van der Waals surface area contributed by atoms with Crippen molar-refractivity contribution < 1.29 is 19.1 Å². The Morgan fingerprint density at radius 2 is 1.57 bits per heavy atom. The van der Waals surface area contributed by atoms with E-state index in [9.17, 15) is 9.59 Å². The largest absolute Gasteiger partial charge is 0.497 e. The molecule has 0 saturated heterocycles. The number of rotatable bonds is 6. The summed E-state index contributed by atoms with van der Waals surface area (Å²) in [7, 11) is 1.61. The average Bonchev–Trinajstić information content (AvgIpc) is 2.60. The molecule has 0 fully saturated rings. The van der Waals surface area contributed by atoms with Gasteiger partial charge in [-0.3, -0.25) is 9.59 Å². The number of benzene rings is 2. The monoisotopic (exact) mass is 310 g/mol. The Kier molecular flexibility index (Phi) is 5.69. The summed E-state index contributed by atoms with van der Waals surface area (Å²) in [5.74, 6) is 0.788. The minimum atomic E-state index is -0.302. The first-order chi connectivity index (χ1) is 11.1. The van der Waals surface area contributed by atoms with Crippen molar-refractivity contribution in [2.45, 2.75) is 13.3 Å². The van der Waals surface area contributed by atoms with Crippen LogP contribution in [0.15, 0.2) is 54.6 Å². The van der Waals surface area contributed by atoms with Gasteiger partial charge < -0.3 is 9.47 Å². The summed E-state index contributed by atoms with van der Waals surface area (Å²) in [6, 6.07) is 13.9. The molecule has 4 nitrogen and oxygen atoms in total. The van der Waals surface area contributed by atoms with Crippen LogP contribution in [0.3, 0.4) is 0 Å². The van der Waals surface area contributed by atoms with E-state index in [0.717, 1.165) is 11.3 Å². The summed E-state index contributed by atoms with van der Waals surface area (Å²) in [5.41, 5.74) is 1.44.